The van der Waals surface area contributed by atoms with Crippen LogP contribution in [0.2, 0.25) is 0 Å². The number of rotatable bonds is 19. The van der Waals surface area contributed by atoms with Crippen LogP contribution in [0.1, 0.15) is 102 Å². The van der Waals surface area contributed by atoms with Crippen molar-refractivity contribution in [3.8, 4) is 0 Å². The molecule has 0 fully saturated rings. The number of benzene rings is 1. The van der Waals surface area contributed by atoms with Gasteiger partial charge < -0.3 is 14.9 Å². The first-order valence-corrected chi connectivity index (χ1v) is 13.1. The zero-order valence-electron chi connectivity index (χ0n) is 20.4. The van der Waals surface area contributed by atoms with Gasteiger partial charge in [-0.25, -0.2) is 4.79 Å². The lowest BCUT2D eigenvalue weighted by Crippen LogP contribution is -2.40. The number of allylic oxidation sites excluding steroid dienone is 2. The highest BCUT2D eigenvalue weighted by Crippen LogP contribution is 2.30. The monoisotopic (exact) mass is 456 g/mol. The van der Waals surface area contributed by atoms with Crippen LogP contribution in [-0.2, 0) is 9.53 Å². The lowest BCUT2D eigenvalue weighted by atomic mass is 9.89. The maximum atomic E-state index is 11.9. The third kappa shape index (κ3) is 10.7. The van der Waals surface area contributed by atoms with E-state index in [0.717, 1.165) is 30.4 Å². The Morgan fingerprint density at radius 1 is 0.788 bits per heavy atom. The van der Waals surface area contributed by atoms with E-state index >= 15 is 0 Å². The summed E-state index contributed by atoms with van der Waals surface area (Å²) in [6, 6.07) is 10.0. The maximum absolute atomic E-state index is 11.9. The predicted octanol–water partition coefficient (Wildman–Crippen LogP) is 7.32. The largest absolute Gasteiger partial charge is 0.479 e. The summed E-state index contributed by atoms with van der Waals surface area (Å²) in [4.78, 5) is 11.9. The average Bonchev–Trinajstić information content (AvgIpc) is 2.84. The molecule has 2 N–H and O–H groups in total. The summed E-state index contributed by atoms with van der Waals surface area (Å²) in [5, 5.41) is 18.5. The maximum Gasteiger partial charge on any atom is 0.340 e. The van der Waals surface area contributed by atoms with Gasteiger partial charge in [0.05, 0.1) is 0 Å². The SMILES string of the molecule is O=C(O)C1(OCCCCCCCCCCCCCCCCO)C=CC(c2ccccc2)=CC1. The Morgan fingerprint density at radius 2 is 1.30 bits per heavy atom. The van der Waals surface area contributed by atoms with Crippen LogP contribution in [0.25, 0.3) is 5.57 Å². The number of carboxylic acid groups (broad SMARTS) is 1. The Hall–Kier alpha value is -1.91. The molecule has 1 aliphatic rings. The minimum atomic E-state index is -1.23. The van der Waals surface area contributed by atoms with Crippen molar-refractivity contribution in [2.24, 2.45) is 0 Å². The van der Waals surface area contributed by atoms with Crippen LogP contribution in [0, 0.1) is 0 Å². The minimum Gasteiger partial charge on any atom is -0.479 e. The first-order valence-electron chi connectivity index (χ1n) is 13.1. The van der Waals surface area contributed by atoms with Crippen molar-refractivity contribution in [1.82, 2.24) is 0 Å². The van der Waals surface area contributed by atoms with Crippen molar-refractivity contribution in [2.75, 3.05) is 13.2 Å². The Bertz CT molecular complexity index is 710. The second-order valence-electron chi connectivity index (χ2n) is 9.28. The molecule has 0 aliphatic heterocycles. The second kappa shape index (κ2) is 16.7. The van der Waals surface area contributed by atoms with Crippen molar-refractivity contribution in [3.63, 3.8) is 0 Å². The summed E-state index contributed by atoms with van der Waals surface area (Å²) in [6.45, 7) is 0.824. The van der Waals surface area contributed by atoms with Gasteiger partial charge in [0.15, 0.2) is 5.60 Å². The number of hydrogen-bond donors (Lipinski definition) is 2. The highest BCUT2D eigenvalue weighted by atomic mass is 16.5. The first kappa shape index (κ1) is 27.3. The van der Waals surface area contributed by atoms with Crippen molar-refractivity contribution in [2.45, 2.75) is 102 Å². The fourth-order valence-corrected chi connectivity index (χ4v) is 4.38. The molecule has 0 saturated carbocycles. The molecule has 33 heavy (non-hydrogen) atoms. The molecule has 184 valence electrons. The fraction of sp³-hybridized carbons (Fsp3) is 0.621. The standard InChI is InChI=1S/C29H44O4/c30-24-16-11-9-7-5-3-1-2-4-6-8-10-12-17-25-33-29(28(31)32)22-20-27(21-23-29)26-18-14-13-15-19-26/h13-15,18-22,30H,1-12,16-17,23-25H2,(H,31,32). The van der Waals surface area contributed by atoms with Gasteiger partial charge in [-0.1, -0.05) is 120 Å². The normalized spacial score (nSPS) is 17.8. The summed E-state index contributed by atoms with van der Waals surface area (Å²) < 4.78 is 5.89. The summed E-state index contributed by atoms with van der Waals surface area (Å²) >= 11 is 0. The number of aliphatic hydroxyl groups is 1. The highest BCUT2D eigenvalue weighted by molar-refractivity contribution is 5.85. The van der Waals surface area contributed by atoms with E-state index in [9.17, 15) is 9.90 Å². The lowest BCUT2D eigenvalue weighted by Gasteiger charge is -2.28. The van der Waals surface area contributed by atoms with E-state index in [-0.39, 0.29) is 0 Å². The molecule has 0 heterocycles. The second-order valence-corrected chi connectivity index (χ2v) is 9.28. The van der Waals surface area contributed by atoms with Crippen LogP contribution in [0.15, 0.2) is 48.6 Å². The van der Waals surface area contributed by atoms with Crippen molar-refractivity contribution in [1.29, 1.82) is 0 Å². The van der Waals surface area contributed by atoms with Gasteiger partial charge in [-0.05, 0) is 30.1 Å². The van der Waals surface area contributed by atoms with E-state index in [1.54, 1.807) is 6.08 Å². The van der Waals surface area contributed by atoms with Gasteiger partial charge in [-0.15, -0.1) is 0 Å². The fourth-order valence-electron chi connectivity index (χ4n) is 4.38. The van der Waals surface area contributed by atoms with Gasteiger partial charge in [-0.3, -0.25) is 0 Å². The molecule has 0 amide bonds. The molecule has 1 aromatic rings. The topological polar surface area (TPSA) is 66.8 Å². The molecule has 0 saturated heterocycles. The van der Waals surface area contributed by atoms with Crippen LogP contribution in [0.3, 0.4) is 0 Å². The van der Waals surface area contributed by atoms with E-state index < -0.39 is 11.6 Å². The minimum absolute atomic E-state index is 0.334. The van der Waals surface area contributed by atoms with Crippen LogP contribution in [-0.4, -0.2) is 35.0 Å². The van der Waals surface area contributed by atoms with Crippen LogP contribution >= 0.6 is 0 Å². The number of unbranched alkanes of at least 4 members (excludes halogenated alkanes) is 13. The van der Waals surface area contributed by atoms with Crippen molar-refractivity contribution < 1.29 is 19.7 Å². The van der Waals surface area contributed by atoms with Crippen LogP contribution in [0.4, 0.5) is 0 Å². The van der Waals surface area contributed by atoms with E-state index in [2.05, 4.69) is 0 Å². The molecule has 1 aromatic carbocycles. The Kier molecular flexibility index (Phi) is 13.8. The molecule has 0 radical (unpaired) electrons. The molecule has 1 atom stereocenters. The lowest BCUT2D eigenvalue weighted by molar-refractivity contribution is -0.159. The van der Waals surface area contributed by atoms with Crippen molar-refractivity contribution >= 4 is 11.5 Å². The number of carbonyl (C=O) groups is 1. The van der Waals surface area contributed by atoms with E-state index in [4.69, 9.17) is 9.84 Å². The number of ether oxygens (including phenoxy) is 1. The van der Waals surface area contributed by atoms with Gasteiger partial charge in [0.2, 0.25) is 0 Å². The number of carboxylic acids is 1. The van der Waals surface area contributed by atoms with E-state index in [1.165, 1.54) is 70.6 Å². The number of hydrogen-bond acceptors (Lipinski definition) is 3. The Morgan fingerprint density at radius 3 is 1.76 bits per heavy atom. The quantitative estimate of drug-likeness (QED) is 0.214. The molecule has 0 spiro atoms. The molecule has 4 nitrogen and oxygen atoms in total. The van der Waals surface area contributed by atoms with Gasteiger partial charge in [0, 0.05) is 19.6 Å². The highest BCUT2D eigenvalue weighted by Gasteiger charge is 2.37. The van der Waals surface area contributed by atoms with Gasteiger partial charge in [0.1, 0.15) is 0 Å². The summed E-state index contributed by atoms with van der Waals surface area (Å²) in [7, 11) is 0. The number of aliphatic hydroxyl groups excluding tert-OH is 1. The van der Waals surface area contributed by atoms with E-state index in [0.29, 0.717) is 19.6 Å². The zero-order valence-corrected chi connectivity index (χ0v) is 20.4. The summed E-state index contributed by atoms with van der Waals surface area (Å²) in [5.74, 6) is -0.910. The molecule has 4 heteroatoms. The summed E-state index contributed by atoms with van der Waals surface area (Å²) in [6.07, 6.45) is 23.1. The van der Waals surface area contributed by atoms with Crippen LogP contribution in [0.5, 0.6) is 0 Å². The Balaban J connectivity index is 1.48. The molecule has 0 bridgehead atoms. The van der Waals surface area contributed by atoms with Crippen molar-refractivity contribution in [3.05, 3.63) is 54.1 Å². The number of aliphatic carboxylic acids is 1. The third-order valence-electron chi connectivity index (χ3n) is 6.54. The van der Waals surface area contributed by atoms with Gasteiger partial charge in [-0.2, -0.15) is 0 Å². The zero-order chi connectivity index (χ0) is 23.6. The van der Waals surface area contributed by atoms with Gasteiger partial charge >= 0.3 is 5.97 Å². The average molecular weight is 457 g/mol. The van der Waals surface area contributed by atoms with Crippen LogP contribution < -0.4 is 0 Å². The molecular formula is C29H44O4. The molecule has 2 rings (SSSR count). The smallest absolute Gasteiger partial charge is 0.340 e. The third-order valence-corrected chi connectivity index (χ3v) is 6.54. The first-order chi connectivity index (χ1) is 16.2. The molecule has 1 aliphatic carbocycles. The van der Waals surface area contributed by atoms with E-state index in [1.807, 2.05) is 42.5 Å². The Labute approximate surface area is 200 Å². The molecular weight excluding hydrogens is 412 g/mol. The summed E-state index contributed by atoms with van der Waals surface area (Å²) in [5.41, 5.74) is 0.924. The van der Waals surface area contributed by atoms with Gasteiger partial charge in [0.25, 0.3) is 0 Å². The molecule has 1 unspecified atom stereocenters. The molecule has 0 aromatic heterocycles. The predicted molar refractivity (Wildman–Crippen MR) is 136 cm³/mol.